The van der Waals surface area contributed by atoms with Crippen molar-refractivity contribution in [2.45, 2.75) is 6.54 Å². The van der Waals surface area contributed by atoms with Crippen LogP contribution >= 0.6 is 11.3 Å². The maximum atomic E-state index is 12.8. The zero-order chi connectivity index (χ0) is 18.6. The number of amides is 1. The molecule has 0 radical (unpaired) electrons. The average molecular weight is 384 g/mol. The van der Waals surface area contributed by atoms with Crippen LogP contribution in [0.4, 0.5) is 0 Å². The Morgan fingerprint density at radius 3 is 2.74 bits per heavy atom. The molecule has 8 heteroatoms. The summed E-state index contributed by atoms with van der Waals surface area (Å²) in [4.78, 5) is 22.3. The van der Waals surface area contributed by atoms with Crippen LogP contribution in [0.3, 0.4) is 0 Å². The number of hydrogen-bond donors (Lipinski definition) is 0. The first-order valence-electron chi connectivity index (χ1n) is 8.75. The highest BCUT2D eigenvalue weighted by atomic mass is 32.1. The Morgan fingerprint density at radius 2 is 2.00 bits per heavy atom. The first-order valence-corrected chi connectivity index (χ1v) is 9.63. The standard InChI is InChI=1S/C19H20N4O3S/c1-25-15-6-3-2-5-14(15)19(24)23-10-8-22(9-11-23)13-17-20-18(21-26-17)16-7-4-12-27-16/h2-7,12H,8-11,13H2,1H3. The number of piperazine rings is 1. The van der Waals surface area contributed by atoms with Crippen LogP contribution in [-0.2, 0) is 6.54 Å². The molecule has 2 aromatic heterocycles. The highest BCUT2D eigenvalue weighted by molar-refractivity contribution is 7.13. The number of para-hydroxylation sites is 1. The number of aromatic nitrogens is 2. The summed E-state index contributed by atoms with van der Waals surface area (Å²) in [6, 6.07) is 11.3. The molecule has 0 bridgehead atoms. The molecule has 140 valence electrons. The number of thiophene rings is 1. The summed E-state index contributed by atoms with van der Waals surface area (Å²) >= 11 is 1.59. The fourth-order valence-electron chi connectivity index (χ4n) is 3.12. The number of carbonyl (C=O) groups is 1. The summed E-state index contributed by atoms with van der Waals surface area (Å²) in [5.41, 5.74) is 0.603. The molecule has 0 spiro atoms. The fraction of sp³-hybridized carbons (Fsp3) is 0.316. The molecule has 1 fully saturated rings. The van der Waals surface area contributed by atoms with Crippen molar-refractivity contribution in [1.82, 2.24) is 19.9 Å². The lowest BCUT2D eigenvalue weighted by molar-refractivity contribution is 0.0612. The largest absolute Gasteiger partial charge is 0.496 e. The van der Waals surface area contributed by atoms with Gasteiger partial charge in [-0.05, 0) is 23.6 Å². The van der Waals surface area contributed by atoms with Crippen LogP contribution in [0.1, 0.15) is 16.2 Å². The first kappa shape index (κ1) is 17.7. The smallest absolute Gasteiger partial charge is 0.257 e. The zero-order valence-electron chi connectivity index (χ0n) is 15.0. The normalized spacial score (nSPS) is 15.1. The van der Waals surface area contributed by atoms with Crippen LogP contribution in [-0.4, -0.2) is 59.1 Å². The molecule has 1 saturated heterocycles. The Labute approximate surface area is 161 Å². The van der Waals surface area contributed by atoms with E-state index in [4.69, 9.17) is 9.26 Å². The molecule has 0 aliphatic carbocycles. The molecule has 1 amide bonds. The van der Waals surface area contributed by atoms with E-state index < -0.39 is 0 Å². The van der Waals surface area contributed by atoms with Gasteiger partial charge in [0.05, 0.1) is 24.1 Å². The van der Waals surface area contributed by atoms with Crippen LogP contribution in [0, 0.1) is 0 Å². The van der Waals surface area contributed by atoms with Gasteiger partial charge in [0.2, 0.25) is 11.7 Å². The Kier molecular flexibility index (Phi) is 5.17. The third kappa shape index (κ3) is 3.86. The lowest BCUT2D eigenvalue weighted by atomic mass is 10.1. The van der Waals surface area contributed by atoms with Crippen LogP contribution in [0.2, 0.25) is 0 Å². The van der Waals surface area contributed by atoms with E-state index in [0.29, 0.717) is 42.7 Å². The molecule has 3 heterocycles. The third-order valence-corrected chi connectivity index (χ3v) is 5.43. The lowest BCUT2D eigenvalue weighted by Crippen LogP contribution is -2.48. The van der Waals surface area contributed by atoms with Gasteiger partial charge in [-0.1, -0.05) is 23.4 Å². The molecule has 4 rings (SSSR count). The second kappa shape index (κ2) is 7.89. The molecule has 1 aliphatic rings. The second-order valence-electron chi connectivity index (χ2n) is 6.26. The van der Waals surface area contributed by atoms with Crippen molar-refractivity contribution in [3.05, 3.63) is 53.2 Å². The molecule has 0 N–H and O–H groups in total. The summed E-state index contributed by atoms with van der Waals surface area (Å²) in [6.45, 7) is 3.43. The molecule has 1 aromatic carbocycles. The van der Waals surface area contributed by atoms with E-state index in [2.05, 4.69) is 15.0 Å². The molecule has 27 heavy (non-hydrogen) atoms. The van der Waals surface area contributed by atoms with Crippen molar-refractivity contribution in [2.75, 3.05) is 33.3 Å². The van der Waals surface area contributed by atoms with Gasteiger partial charge in [-0.3, -0.25) is 9.69 Å². The first-order chi connectivity index (χ1) is 13.2. The van der Waals surface area contributed by atoms with Gasteiger partial charge in [0, 0.05) is 26.2 Å². The minimum atomic E-state index is 0.00451. The average Bonchev–Trinajstić information content (AvgIpc) is 3.40. The second-order valence-corrected chi connectivity index (χ2v) is 7.21. The Hall–Kier alpha value is -2.71. The minimum Gasteiger partial charge on any atom is -0.496 e. The van der Waals surface area contributed by atoms with Gasteiger partial charge >= 0.3 is 0 Å². The predicted octanol–water partition coefficient (Wildman–Crippen LogP) is 2.76. The van der Waals surface area contributed by atoms with E-state index >= 15 is 0 Å². The van der Waals surface area contributed by atoms with Crippen LogP contribution < -0.4 is 4.74 Å². The van der Waals surface area contributed by atoms with Gasteiger partial charge in [-0.25, -0.2) is 0 Å². The summed E-state index contributed by atoms with van der Waals surface area (Å²) in [5.74, 6) is 1.84. The fourth-order valence-corrected chi connectivity index (χ4v) is 3.77. The minimum absolute atomic E-state index is 0.00451. The molecule has 0 unspecified atom stereocenters. The summed E-state index contributed by atoms with van der Waals surface area (Å²) in [5, 5.41) is 6.03. The van der Waals surface area contributed by atoms with Gasteiger partial charge in [-0.15, -0.1) is 11.3 Å². The van der Waals surface area contributed by atoms with Gasteiger partial charge in [0.15, 0.2) is 0 Å². The molecule has 0 saturated carbocycles. The highest BCUT2D eigenvalue weighted by Crippen LogP contribution is 2.22. The van der Waals surface area contributed by atoms with E-state index in [-0.39, 0.29) is 5.91 Å². The Balaban J connectivity index is 1.34. The van der Waals surface area contributed by atoms with Crippen LogP contribution in [0.15, 0.2) is 46.3 Å². The van der Waals surface area contributed by atoms with Crippen molar-refractivity contribution >= 4 is 17.2 Å². The van der Waals surface area contributed by atoms with E-state index in [1.165, 1.54) is 0 Å². The van der Waals surface area contributed by atoms with Crippen molar-refractivity contribution in [3.8, 4) is 16.5 Å². The number of ether oxygens (including phenoxy) is 1. The lowest BCUT2D eigenvalue weighted by Gasteiger charge is -2.34. The van der Waals surface area contributed by atoms with E-state index in [0.717, 1.165) is 18.0 Å². The van der Waals surface area contributed by atoms with Crippen LogP contribution in [0.5, 0.6) is 5.75 Å². The van der Waals surface area contributed by atoms with E-state index in [9.17, 15) is 4.79 Å². The molecule has 1 aliphatic heterocycles. The number of rotatable bonds is 5. The molecular formula is C19H20N4O3S. The van der Waals surface area contributed by atoms with Gasteiger partial charge in [0.25, 0.3) is 5.91 Å². The molecular weight excluding hydrogens is 364 g/mol. The maximum absolute atomic E-state index is 12.8. The maximum Gasteiger partial charge on any atom is 0.257 e. The quantitative estimate of drug-likeness (QED) is 0.674. The predicted molar refractivity (Wildman–Crippen MR) is 102 cm³/mol. The van der Waals surface area contributed by atoms with Gasteiger partial charge < -0.3 is 14.2 Å². The number of carbonyl (C=O) groups excluding carboxylic acids is 1. The van der Waals surface area contributed by atoms with Crippen molar-refractivity contribution in [3.63, 3.8) is 0 Å². The summed E-state index contributed by atoms with van der Waals surface area (Å²) in [6.07, 6.45) is 0. The highest BCUT2D eigenvalue weighted by Gasteiger charge is 2.25. The molecule has 7 nitrogen and oxygen atoms in total. The van der Waals surface area contributed by atoms with Crippen molar-refractivity contribution in [1.29, 1.82) is 0 Å². The van der Waals surface area contributed by atoms with E-state index in [1.807, 2.05) is 40.6 Å². The topological polar surface area (TPSA) is 71.7 Å². The number of benzene rings is 1. The molecule has 3 aromatic rings. The number of hydrogen-bond acceptors (Lipinski definition) is 7. The number of nitrogens with zero attached hydrogens (tertiary/aromatic N) is 4. The van der Waals surface area contributed by atoms with Crippen LogP contribution in [0.25, 0.3) is 10.7 Å². The Morgan fingerprint density at radius 1 is 1.19 bits per heavy atom. The van der Waals surface area contributed by atoms with Gasteiger partial charge in [0.1, 0.15) is 5.75 Å². The molecule has 0 atom stereocenters. The third-order valence-electron chi connectivity index (χ3n) is 4.57. The van der Waals surface area contributed by atoms with Crippen molar-refractivity contribution < 1.29 is 14.1 Å². The Bertz CT molecular complexity index is 901. The van der Waals surface area contributed by atoms with Gasteiger partial charge in [-0.2, -0.15) is 4.98 Å². The van der Waals surface area contributed by atoms with E-state index in [1.54, 1.807) is 24.5 Å². The monoisotopic (exact) mass is 384 g/mol. The van der Waals surface area contributed by atoms with Crippen molar-refractivity contribution in [2.24, 2.45) is 0 Å². The SMILES string of the molecule is COc1ccccc1C(=O)N1CCN(Cc2nc(-c3cccs3)no2)CC1. The summed E-state index contributed by atoms with van der Waals surface area (Å²) in [7, 11) is 1.58. The summed E-state index contributed by atoms with van der Waals surface area (Å²) < 4.78 is 10.7. The number of methoxy groups -OCH3 is 1. The zero-order valence-corrected chi connectivity index (χ0v) is 15.8.